The number of benzene rings is 1. The molecule has 1 aliphatic heterocycles. The molecule has 2 aromatic rings. The maximum atomic E-state index is 6.14. The fraction of sp³-hybridized carbons (Fsp3) is 0.357. The summed E-state index contributed by atoms with van der Waals surface area (Å²) in [4.78, 5) is 6.68. The number of pyridine rings is 1. The molecule has 1 unspecified atom stereocenters. The van der Waals surface area contributed by atoms with E-state index in [1.54, 1.807) is 7.11 Å². The van der Waals surface area contributed by atoms with E-state index in [9.17, 15) is 0 Å². The summed E-state index contributed by atoms with van der Waals surface area (Å²) in [5.41, 5.74) is 0. The van der Waals surface area contributed by atoms with Gasteiger partial charge in [0.15, 0.2) is 0 Å². The Hall–Kier alpha value is -1.36. The molecule has 1 saturated heterocycles. The summed E-state index contributed by atoms with van der Waals surface area (Å²) in [6, 6.07) is 10.0. The van der Waals surface area contributed by atoms with Gasteiger partial charge in [-0.2, -0.15) is 0 Å². The summed E-state index contributed by atoms with van der Waals surface area (Å²) in [6.45, 7) is 2.57. The molecule has 0 saturated carbocycles. The quantitative estimate of drug-likeness (QED) is 0.855. The minimum absolute atomic E-state index is 0.0110. The fourth-order valence-corrected chi connectivity index (χ4v) is 2.70. The number of hydrogen-bond donors (Lipinski definition) is 1. The molecule has 0 radical (unpaired) electrons. The highest BCUT2D eigenvalue weighted by Gasteiger charge is 2.24. The van der Waals surface area contributed by atoms with Gasteiger partial charge in [-0.3, -0.25) is 0 Å². The van der Waals surface area contributed by atoms with Crippen LogP contribution in [0, 0.1) is 0 Å². The van der Waals surface area contributed by atoms with Crippen molar-refractivity contribution in [1.82, 2.24) is 10.3 Å². The standard InChI is InChI=1S/C14H16ClN3O/c1-19-13-9-16-6-7-18(13)14-11-5-3-2-4-10(11)8-12(15)17-14/h2-5,8,13,16H,6-7,9H2,1H3. The molecule has 1 aromatic carbocycles. The Morgan fingerprint density at radius 2 is 2.26 bits per heavy atom. The predicted octanol–water partition coefficient (Wildman–Crippen LogP) is 2.27. The smallest absolute Gasteiger partial charge is 0.143 e. The summed E-state index contributed by atoms with van der Waals surface area (Å²) >= 11 is 6.14. The molecule has 2 heterocycles. The SMILES string of the molecule is COC1CNCCN1c1nc(Cl)cc2ccccc12. The van der Waals surface area contributed by atoms with Crippen molar-refractivity contribution in [2.75, 3.05) is 31.6 Å². The summed E-state index contributed by atoms with van der Waals surface area (Å²) in [6.07, 6.45) is -0.0110. The largest absolute Gasteiger partial charge is 0.360 e. The van der Waals surface area contributed by atoms with Gasteiger partial charge >= 0.3 is 0 Å². The van der Waals surface area contributed by atoms with Gasteiger partial charge in [-0.1, -0.05) is 35.9 Å². The number of nitrogens with zero attached hydrogens (tertiary/aromatic N) is 2. The van der Waals surface area contributed by atoms with E-state index in [4.69, 9.17) is 16.3 Å². The Bertz CT molecular complexity index is 590. The lowest BCUT2D eigenvalue weighted by atomic mass is 10.1. The molecule has 0 aliphatic carbocycles. The van der Waals surface area contributed by atoms with Crippen molar-refractivity contribution in [2.24, 2.45) is 0 Å². The van der Waals surface area contributed by atoms with Crippen LogP contribution in [-0.2, 0) is 4.74 Å². The van der Waals surface area contributed by atoms with Crippen LogP contribution in [0.25, 0.3) is 10.8 Å². The van der Waals surface area contributed by atoms with Crippen LogP contribution in [0.2, 0.25) is 5.15 Å². The fourth-order valence-electron chi connectivity index (χ4n) is 2.50. The summed E-state index contributed by atoms with van der Waals surface area (Å²) in [5.74, 6) is 0.899. The second-order valence-electron chi connectivity index (χ2n) is 4.58. The molecule has 1 fully saturated rings. The number of piperazine rings is 1. The number of fused-ring (bicyclic) bond motifs is 1. The first-order chi connectivity index (χ1) is 9.29. The molecule has 0 amide bonds. The van der Waals surface area contributed by atoms with E-state index in [0.717, 1.165) is 36.2 Å². The molecular weight excluding hydrogens is 262 g/mol. The van der Waals surface area contributed by atoms with Gasteiger partial charge in [0.25, 0.3) is 0 Å². The molecular formula is C14H16ClN3O. The summed E-state index contributed by atoms with van der Waals surface area (Å²) in [5, 5.41) is 6.05. The van der Waals surface area contributed by atoms with Crippen LogP contribution < -0.4 is 10.2 Å². The molecule has 100 valence electrons. The second-order valence-corrected chi connectivity index (χ2v) is 4.96. The van der Waals surface area contributed by atoms with Gasteiger partial charge in [0.1, 0.15) is 17.2 Å². The van der Waals surface area contributed by atoms with Crippen molar-refractivity contribution in [1.29, 1.82) is 0 Å². The Morgan fingerprint density at radius 1 is 1.42 bits per heavy atom. The maximum absolute atomic E-state index is 6.14. The van der Waals surface area contributed by atoms with Crippen LogP contribution in [0.5, 0.6) is 0 Å². The number of hydrogen-bond acceptors (Lipinski definition) is 4. The number of rotatable bonds is 2. The van der Waals surface area contributed by atoms with E-state index in [-0.39, 0.29) is 6.23 Å². The second kappa shape index (κ2) is 5.33. The summed E-state index contributed by atoms with van der Waals surface area (Å²) < 4.78 is 5.53. The van der Waals surface area contributed by atoms with Crippen LogP contribution in [0.15, 0.2) is 30.3 Å². The third kappa shape index (κ3) is 2.39. The van der Waals surface area contributed by atoms with E-state index < -0.39 is 0 Å². The molecule has 0 bridgehead atoms. The average Bonchev–Trinajstić information content (AvgIpc) is 2.46. The van der Waals surface area contributed by atoms with Crippen LogP contribution in [0.3, 0.4) is 0 Å². The van der Waals surface area contributed by atoms with Gasteiger partial charge in [-0.25, -0.2) is 4.98 Å². The zero-order valence-electron chi connectivity index (χ0n) is 10.8. The summed E-state index contributed by atoms with van der Waals surface area (Å²) in [7, 11) is 1.72. The number of anilines is 1. The van der Waals surface area contributed by atoms with Gasteiger partial charge < -0.3 is 15.0 Å². The number of nitrogens with one attached hydrogen (secondary N) is 1. The van der Waals surface area contributed by atoms with Gasteiger partial charge in [-0.05, 0) is 11.5 Å². The highest BCUT2D eigenvalue weighted by Crippen LogP contribution is 2.29. The van der Waals surface area contributed by atoms with Crippen molar-refractivity contribution in [3.05, 3.63) is 35.5 Å². The zero-order chi connectivity index (χ0) is 13.2. The molecule has 1 aromatic heterocycles. The monoisotopic (exact) mass is 277 g/mol. The van der Waals surface area contributed by atoms with Crippen molar-refractivity contribution in [2.45, 2.75) is 6.23 Å². The van der Waals surface area contributed by atoms with Crippen molar-refractivity contribution < 1.29 is 4.74 Å². The number of ether oxygens (including phenoxy) is 1. The van der Waals surface area contributed by atoms with Gasteiger partial charge in [0, 0.05) is 32.1 Å². The number of aromatic nitrogens is 1. The Balaban J connectivity index is 2.12. The van der Waals surface area contributed by atoms with Crippen LogP contribution >= 0.6 is 11.6 Å². The maximum Gasteiger partial charge on any atom is 0.143 e. The van der Waals surface area contributed by atoms with Crippen LogP contribution in [-0.4, -0.2) is 38.0 Å². The lowest BCUT2D eigenvalue weighted by Crippen LogP contribution is -2.52. The topological polar surface area (TPSA) is 37.4 Å². The Morgan fingerprint density at radius 3 is 3.11 bits per heavy atom. The normalized spacial score (nSPS) is 19.9. The lowest BCUT2D eigenvalue weighted by molar-refractivity contribution is 0.0877. The van der Waals surface area contributed by atoms with E-state index in [2.05, 4.69) is 27.3 Å². The third-order valence-electron chi connectivity index (χ3n) is 3.43. The average molecular weight is 278 g/mol. The minimum Gasteiger partial charge on any atom is -0.360 e. The Kier molecular flexibility index (Phi) is 3.55. The van der Waals surface area contributed by atoms with Crippen LogP contribution in [0.1, 0.15) is 0 Å². The van der Waals surface area contributed by atoms with Crippen molar-refractivity contribution in [3.63, 3.8) is 0 Å². The first-order valence-electron chi connectivity index (χ1n) is 6.35. The molecule has 3 rings (SSSR count). The van der Waals surface area contributed by atoms with Gasteiger partial charge in [0.05, 0.1) is 0 Å². The third-order valence-corrected chi connectivity index (χ3v) is 3.62. The number of methoxy groups -OCH3 is 1. The molecule has 5 heteroatoms. The number of halogens is 1. The Labute approximate surface area is 117 Å². The van der Waals surface area contributed by atoms with Crippen molar-refractivity contribution >= 4 is 28.2 Å². The first kappa shape index (κ1) is 12.7. The van der Waals surface area contributed by atoms with Gasteiger partial charge in [-0.15, -0.1) is 0 Å². The van der Waals surface area contributed by atoms with E-state index in [0.29, 0.717) is 5.15 Å². The molecule has 4 nitrogen and oxygen atoms in total. The first-order valence-corrected chi connectivity index (χ1v) is 6.73. The van der Waals surface area contributed by atoms with Crippen LogP contribution in [0.4, 0.5) is 5.82 Å². The molecule has 0 spiro atoms. The molecule has 19 heavy (non-hydrogen) atoms. The van der Waals surface area contributed by atoms with E-state index in [1.807, 2.05) is 18.2 Å². The molecule has 1 atom stereocenters. The highest BCUT2D eigenvalue weighted by atomic mass is 35.5. The van der Waals surface area contributed by atoms with E-state index >= 15 is 0 Å². The highest BCUT2D eigenvalue weighted by molar-refractivity contribution is 6.30. The zero-order valence-corrected chi connectivity index (χ0v) is 11.5. The van der Waals surface area contributed by atoms with Gasteiger partial charge in [0.2, 0.25) is 0 Å². The van der Waals surface area contributed by atoms with Crippen molar-refractivity contribution in [3.8, 4) is 0 Å². The molecule has 1 aliphatic rings. The van der Waals surface area contributed by atoms with E-state index in [1.165, 1.54) is 0 Å². The predicted molar refractivity (Wildman–Crippen MR) is 77.8 cm³/mol. The minimum atomic E-state index is -0.0110. The lowest BCUT2D eigenvalue weighted by Gasteiger charge is -2.36. The molecule has 1 N–H and O–H groups in total.